The summed E-state index contributed by atoms with van der Waals surface area (Å²) in [5, 5.41) is 11.4. The van der Waals surface area contributed by atoms with Crippen LogP contribution in [0.3, 0.4) is 0 Å². The third kappa shape index (κ3) is 2.90. The Hall–Kier alpha value is -2.28. The number of hydrogen-bond donors (Lipinski definition) is 1. The summed E-state index contributed by atoms with van der Waals surface area (Å²) in [6, 6.07) is 7.29. The van der Waals surface area contributed by atoms with E-state index in [-0.39, 0.29) is 11.7 Å². The Morgan fingerprint density at radius 2 is 1.96 bits per heavy atom. The van der Waals surface area contributed by atoms with Crippen molar-refractivity contribution in [2.45, 2.75) is 38.4 Å². The van der Waals surface area contributed by atoms with Crippen LogP contribution in [0.1, 0.15) is 34.8 Å². The molecule has 1 amide bonds. The first-order chi connectivity index (χ1) is 12.7. The van der Waals surface area contributed by atoms with Gasteiger partial charge in [0, 0.05) is 44.2 Å². The van der Waals surface area contributed by atoms with Crippen molar-refractivity contribution >= 4 is 5.91 Å². The van der Waals surface area contributed by atoms with Crippen molar-refractivity contribution in [3.05, 3.63) is 47.3 Å². The minimum atomic E-state index is -0.140. The Morgan fingerprint density at radius 1 is 1.15 bits per heavy atom. The number of rotatable bonds is 4. The van der Waals surface area contributed by atoms with E-state index in [0.29, 0.717) is 30.2 Å². The molecule has 1 N–H and O–H groups in total. The van der Waals surface area contributed by atoms with Gasteiger partial charge in [0.05, 0.1) is 0 Å². The van der Waals surface area contributed by atoms with Crippen molar-refractivity contribution in [3.8, 4) is 0 Å². The van der Waals surface area contributed by atoms with Gasteiger partial charge < -0.3 is 9.88 Å². The number of amides is 1. The molecule has 0 radical (unpaired) electrons. The van der Waals surface area contributed by atoms with Crippen LogP contribution < -0.4 is 5.32 Å². The molecule has 2 aliphatic heterocycles. The van der Waals surface area contributed by atoms with E-state index >= 15 is 0 Å². The lowest BCUT2D eigenvalue weighted by Gasteiger charge is -2.25. The van der Waals surface area contributed by atoms with Crippen LogP contribution in [0.2, 0.25) is 0 Å². The van der Waals surface area contributed by atoms with Crippen molar-refractivity contribution in [2.75, 3.05) is 13.1 Å². The highest BCUT2D eigenvalue weighted by Crippen LogP contribution is 2.33. The smallest absolute Gasteiger partial charge is 0.289 e. The zero-order valence-corrected chi connectivity index (χ0v) is 14.6. The zero-order chi connectivity index (χ0) is 17.7. The zero-order valence-electron chi connectivity index (χ0n) is 14.6. The quantitative estimate of drug-likeness (QED) is 0.905. The maximum atomic E-state index is 13.9. The molecule has 0 bridgehead atoms. The molecule has 0 spiro atoms. The lowest BCUT2D eigenvalue weighted by atomic mass is 9.89. The molecule has 1 aromatic carbocycles. The van der Waals surface area contributed by atoms with Crippen molar-refractivity contribution in [3.63, 3.8) is 0 Å². The number of likely N-dealkylation sites (tertiary alicyclic amines) is 1. The van der Waals surface area contributed by atoms with E-state index in [0.717, 1.165) is 50.3 Å². The fourth-order valence-electron chi connectivity index (χ4n) is 4.26. The monoisotopic (exact) mass is 355 g/mol. The summed E-state index contributed by atoms with van der Waals surface area (Å²) in [7, 11) is 0. The molecule has 2 aromatic rings. The molecule has 5 rings (SSSR count). The van der Waals surface area contributed by atoms with Crippen molar-refractivity contribution in [2.24, 2.45) is 11.8 Å². The summed E-state index contributed by atoms with van der Waals surface area (Å²) in [5.74, 6) is 2.05. The Labute approximate surface area is 151 Å². The number of carbonyl (C=O) groups is 1. The first kappa shape index (κ1) is 15.9. The SMILES string of the molecule is O=C(NC1CC1)c1nnc2n1C[C@@H]1CN(Cc3ccccc3F)C[C@@H]1C2. The van der Waals surface area contributed by atoms with Crippen LogP contribution in [-0.4, -0.2) is 44.7 Å². The molecule has 136 valence electrons. The first-order valence-corrected chi connectivity index (χ1v) is 9.36. The summed E-state index contributed by atoms with van der Waals surface area (Å²) in [4.78, 5) is 14.7. The minimum Gasteiger partial charge on any atom is -0.347 e. The lowest BCUT2D eigenvalue weighted by Crippen LogP contribution is -2.33. The maximum absolute atomic E-state index is 13.9. The van der Waals surface area contributed by atoms with Crippen LogP contribution in [0.25, 0.3) is 0 Å². The molecular formula is C19H22FN5O. The van der Waals surface area contributed by atoms with Crippen LogP contribution in [-0.2, 0) is 19.5 Å². The summed E-state index contributed by atoms with van der Waals surface area (Å²) < 4.78 is 15.9. The summed E-state index contributed by atoms with van der Waals surface area (Å²) in [6.45, 7) is 3.26. The average molecular weight is 355 g/mol. The van der Waals surface area contributed by atoms with E-state index in [1.54, 1.807) is 6.07 Å². The number of benzene rings is 1. The molecule has 7 heteroatoms. The van der Waals surface area contributed by atoms with E-state index in [1.165, 1.54) is 6.07 Å². The number of fused-ring (bicyclic) bond motifs is 2. The van der Waals surface area contributed by atoms with E-state index in [9.17, 15) is 9.18 Å². The van der Waals surface area contributed by atoms with Crippen molar-refractivity contribution in [1.82, 2.24) is 25.0 Å². The van der Waals surface area contributed by atoms with Gasteiger partial charge in [-0.25, -0.2) is 4.39 Å². The van der Waals surface area contributed by atoms with Gasteiger partial charge in [0.2, 0.25) is 5.82 Å². The van der Waals surface area contributed by atoms with E-state index in [2.05, 4.69) is 20.4 Å². The van der Waals surface area contributed by atoms with Gasteiger partial charge in [-0.15, -0.1) is 10.2 Å². The third-order valence-corrected chi connectivity index (χ3v) is 5.81. The molecule has 3 heterocycles. The Balaban J connectivity index is 1.29. The van der Waals surface area contributed by atoms with Crippen molar-refractivity contribution in [1.29, 1.82) is 0 Å². The second-order valence-corrected chi connectivity index (χ2v) is 7.81. The Bertz CT molecular complexity index is 846. The normalized spacial score (nSPS) is 25.0. The number of hydrogen-bond acceptors (Lipinski definition) is 4. The maximum Gasteiger partial charge on any atom is 0.289 e. The van der Waals surface area contributed by atoms with Gasteiger partial charge in [0.25, 0.3) is 5.91 Å². The van der Waals surface area contributed by atoms with E-state index < -0.39 is 0 Å². The van der Waals surface area contributed by atoms with Crippen LogP contribution in [0.5, 0.6) is 0 Å². The van der Waals surface area contributed by atoms with Gasteiger partial charge in [0.15, 0.2) is 0 Å². The molecular weight excluding hydrogens is 333 g/mol. The molecule has 1 aromatic heterocycles. The first-order valence-electron chi connectivity index (χ1n) is 9.36. The molecule has 2 fully saturated rings. The van der Waals surface area contributed by atoms with Gasteiger partial charge in [0.1, 0.15) is 11.6 Å². The van der Waals surface area contributed by atoms with Gasteiger partial charge >= 0.3 is 0 Å². The Morgan fingerprint density at radius 3 is 2.77 bits per heavy atom. The predicted octanol–water partition coefficient (Wildman–Crippen LogP) is 1.61. The average Bonchev–Trinajstić information content (AvgIpc) is 3.20. The molecule has 1 saturated carbocycles. The van der Waals surface area contributed by atoms with Crippen LogP contribution in [0, 0.1) is 17.7 Å². The van der Waals surface area contributed by atoms with E-state index in [4.69, 9.17) is 0 Å². The van der Waals surface area contributed by atoms with E-state index in [1.807, 2.05) is 16.7 Å². The minimum absolute atomic E-state index is 0.106. The van der Waals surface area contributed by atoms with Crippen LogP contribution in [0.4, 0.5) is 4.39 Å². The topological polar surface area (TPSA) is 63.1 Å². The standard InChI is InChI=1S/C19H22FN5O/c20-16-4-2-1-3-12(16)8-24-9-13-7-17-22-23-18(19(26)21-15-5-6-15)25(17)11-14(13)10-24/h1-4,13-15H,5-11H2,(H,21,26)/t13-,14-/m0/s1. The highest BCUT2D eigenvalue weighted by Gasteiger charge is 2.39. The lowest BCUT2D eigenvalue weighted by molar-refractivity contribution is 0.0932. The molecule has 26 heavy (non-hydrogen) atoms. The van der Waals surface area contributed by atoms with Gasteiger partial charge in [-0.1, -0.05) is 18.2 Å². The number of carbonyl (C=O) groups excluding carboxylic acids is 1. The number of nitrogens with zero attached hydrogens (tertiary/aromatic N) is 4. The van der Waals surface area contributed by atoms with Crippen LogP contribution >= 0.6 is 0 Å². The van der Waals surface area contributed by atoms with Gasteiger partial charge in [-0.05, 0) is 30.7 Å². The number of aromatic nitrogens is 3. The van der Waals surface area contributed by atoms with Crippen molar-refractivity contribution < 1.29 is 9.18 Å². The highest BCUT2D eigenvalue weighted by molar-refractivity contribution is 5.91. The van der Waals surface area contributed by atoms with Gasteiger partial charge in [-0.2, -0.15) is 0 Å². The molecule has 3 aliphatic rings. The largest absolute Gasteiger partial charge is 0.347 e. The molecule has 1 saturated heterocycles. The second kappa shape index (κ2) is 6.16. The summed E-state index contributed by atoms with van der Waals surface area (Å²) in [5.41, 5.74) is 0.745. The fourth-order valence-corrected chi connectivity index (χ4v) is 4.26. The van der Waals surface area contributed by atoms with Gasteiger partial charge in [-0.3, -0.25) is 9.69 Å². The molecule has 6 nitrogen and oxygen atoms in total. The summed E-state index contributed by atoms with van der Waals surface area (Å²) in [6.07, 6.45) is 2.95. The Kier molecular flexibility index (Phi) is 3.77. The van der Waals surface area contributed by atoms with Crippen LogP contribution in [0.15, 0.2) is 24.3 Å². The predicted molar refractivity (Wildman–Crippen MR) is 92.9 cm³/mol. The second-order valence-electron chi connectivity index (χ2n) is 7.81. The molecule has 1 aliphatic carbocycles. The number of nitrogens with one attached hydrogen (secondary N) is 1. The molecule has 2 atom stereocenters. The number of halogens is 1. The highest BCUT2D eigenvalue weighted by atomic mass is 19.1. The summed E-state index contributed by atoms with van der Waals surface area (Å²) >= 11 is 0. The fraction of sp³-hybridized carbons (Fsp3) is 0.526. The third-order valence-electron chi connectivity index (χ3n) is 5.81. The molecule has 0 unspecified atom stereocenters.